The van der Waals surface area contributed by atoms with E-state index in [1.54, 1.807) is 6.21 Å². The maximum atomic E-state index is 12.6. The number of hydrogen-bond donors (Lipinski definition) is 1. The predicted molar refractivity (Wildman–Crippen MR) is 136 cm³/mol. The van der Waals surface area contributed by atoms with E-state index in [2.05, 4.69) is 76.6 Å². The normalized spacial score (nSPS) is 11.4. The Kier molecular flexibility index (Phi) is 5.73. The number of nitrogens with one attached hydrogen (secondary N) is 1. The molecule has 0 aliphatic heterocycles. The van der Waals surface area contributed by atoms with Gasteiger partial charge in [-0.3, -0.25) is 4.79 Å². The lowest BCUT2D eigenvalue weighted by Crippen LogP contribution is -2.20. The van der Waals surface area contributed by atoms with Crippen molar-refractivity contribution < 1.29 is 4.79 Å². The van der Waals surface area contributed by atoms with Crippen LogP contribution in [0.1, 0.15) is 22.4 Å². The summed E-state index contributed by atoms with van der Waals surface area (Å²) < 4.78 is 2.30. The topological polar surface area (TPSA) is 46.4 Å². The van der Waals surface area contributed by atoms with Gasteiger partial charge in [0.1, 0.15) is 0 Å². The number of hydrazone groups is 1. The first-order valence-corrected chi connectivity index (χ1v) is 11.1. The fourth-order valence-corrected chi connectivity index (χ4v) is 4.42. The first-order chi connectivity index (χ1) is 16.2. The van der Waals surface area contributed by atoms with Gasteiger partial charge in [0.25, 0.3) is 0 Å². The van der Waals surface area contributed by atoms with Crippen LogP contribution in [0.25, 0.3) is 21.7 Å². The van der Waals surface area contributed by atoms with E-state index in [1.165, 1.54) is 5.56 Å². The van der Waals surface area contributed by atoms with Gasteiger partial charge in [0.15, 0.2) is 0 Å². The van der Waals surface area contributed by atoms with E-state index in [0.717, 1.165) is 45.0 Å². The number of aromatic nitrogens is 1. The van der Waals surface area contributed by atoms with Gasteiger partial charge in [0.05, 0.1) is 12.6 Å². The maximum Gasteiger partial charge on any atom is 0.244 e. The van der Waals surface area contributed by atoms with Crippen LogP contribution in [0.15, 0.2) is 102 Å². The van der Waals surface area contributed by atoms with E-state index in [4.69, 9.17) is 0 Å². The fraction of sp³-hybridized carbons (Fsp3) is 0.103. The van der Waals surface area contributed by atoms with Crippen LogP contribution in [0.5, 0.6) is 0 Å². The van der Waals surface area contributed by atoms with Crippen LogP contribution in [-0.2, 0) is 17.8 Å². The smallest absolute Gasteiger partial charge is 0.244 e. The number of carbonyl (C=O) groups is 1. The summed E-state index contributed by atoms with van der Waals surface area (Å²) in [6.45, 7) is 2.89. The van der Waals surface area contributed by atoms with E-state index in [-0.39, 0.29) is 12.3 Å². The number of rotatable bonds is 6. The van der Waals surface area contributed by atoms with Gasteiger partial charge in [-0.1, -0.05) is 91.0 Å². The van der Waals surface area contributed by atoms with Crippen molar-refractivity contribution in [2.75, 3.05) is 0 Å². The molecule has 1 amide bonds. The highest BCUT2D eigenvalue weighted by molar-refractivity contribution is 6.01. The van der Waals surface area contributed by atoms with Crippen LogP contribution < -0.4 is 5.43 Å². The average Bonchev–Trinajstić information content (AvgIpc) is 3.11. The molecule has 0 radical (unpaired) electrons. The Labute approximate surface area is 193 Å². The molecule has 1 N–H and O–H groups in total. The highest BCUT2D eigenvalue weighted by atomic mass is 16.2. The average molecular weight is 432 g/mol. The molecule has 0 aliphatic rings. The molecule has 0 saturated heterocycles. The predicted octanol–water partition coefficient (Wildman–Crippen LogP) is 5.84. The van der Waals surface area contributed by atoms with Crippen molar-refractivity contribution in [2.45, 2.75) is 19.9 Å². The molecule has 1 aromatic heterocycles. The monoisotopic (exact) mass is 431 g/mol. The third-order valence-electron chi connectivity index (χ3n) is 6.08. The van der Waals surface area contributed by atoms with E-state index in [9.17, 15) is 4.79 Å². The van der Waals surface area contributed by atoms with Crippen molar-refractivity contribution in [3.05, 3.63) is 119 Å². The lowest BCUT2D eigenvalue weighted by molar-refractivity contribution is -0.120. The lowest BCUT2D eigenvalue weighted by Gasteiger charge is -2.08. The summed E-state index contributed by atoms with van der Waals surface area (Å²) in [6.07, 6.45) is 2.05. The summed E-state index contributed by atoms with van der Waals surface area (Å²) in [4.78, 5) is 12.6. The van der Waals surface area contributed by atoms with Crippen LogP contribution in [0.2, 0.25) is 0 Å². The Morgan fingerprint density at radius 3 is 2.39 bits per heavy atom. The van der Waals surface area contributed by atoms with Crippen molar-refractivity contribution in [1.29, 1.82) is 0 Å². The first kappa shape index (κ1) is 20.7. The SMILES string of the molecule is Cc1c(C=NNC(=O)Cc2cccc3ccccc23)c2ccccc2n1Cc1ccccc1. The summed E-state index contributed by atoms with van der Waals surface area (Å²) in [5, 5.41) is 7.66. The molecular weight excluding hydrogens is 406 g/mol. The molecular formula is C29H25N3O. The Morgan fingerprint density at radius 1 is 0.848 bits per heavy atom. The van der Waals surface area contributed by atoms with E-state index < -0.39 is 0 Å². The quantitative estimate of drug-likeness (QED) is 0.266. The molecule has 4 nitrogen and oxygen atoms in total. The van der Waals surface area contributed by atoms with Crippen molar-refractivity contribution in [3.63, 3.8) is 0 Å². The second kappa shape index (κ2) is 9.13. The Hall–Kier alpha value is -4.18. The van der Waals surface area contributed by atoms with Gasteiger partial charge in [-0.15, -0.1) is 0 Å². The highest BCUT2D eigenvalue weighted by Crippen LogP contribution is 2.25. The minimum Gasteiger partial charge on any atom is -0.340 e. The number of nitrogens with zero attached hydrogens (tertiary/aromatic N) is 2. The van der Waals surface area contributed by atoms with Crippen LogP contribution in [0.3, 0.4) is 0 Å². The second-order valence-electron chi connectivity index (χ2n) is 8.20. The molecule has 0 unspecified atom stereocenters. The first-order valence-electron chi connectivity index (χ1n) is 11.1. The largest absolute Gasteiger partial charge is 0.340 e. The van der Waals surface area contributed by atoms with Crippen LogP contribution in [-0.4, -0.2) is 16.7 Å². The van der Waals surface area contributed by atoms with Crippen LogP contribution >= 0.6 is 0 Å². The zero-order chi connectivity index (χ0) is 22.6. The fourth-order valence-electron chi connectivity index (χ4n) is 4.42. The number of benzene rings is 4. The summed E-state index contributed by atoms with van der Waals surface area (Å²) in [5.74, 6) is -0.131. The molecule has 0 aliphatic carbocycles. The minimum atomic E-state index is -0.131. The van der Waals surface area contributed by atoms with Crippen molar-refractivity contribution in [3.8, 4) is 0 Å². The third-order valence-corrected chi connectivity index (χ3v) is 6.08. The van der Waals surface area contributed by atoms with E-state index in [0.29, 0.717) is 0 Å². The molecule has 0 spiro atoms. The van der Waals surface area contributed by atoms with Crippen molar-refractivity contribution in [2.24, 2.45) is 5.10 Å². The van der Waals surface area contributed by atoms with Crippen LogP contribution in [0.4, 0.5) is 0 Å². The van der Waals surface area contributed by atoms with Gasteiger partial charge < -0.3 is 4.57 Å². The molecule has 0 atom stereocenters. The van der Waals surface area contributed by atoms with E-state index >= 15 is 0 Å². The van der Waals surface area contributed by atoms with Crippen molar-refractivity contribution in [1.82, 2.24) is 9.99 Å². The number of carbonyl (C=O) groups excluding carboxylic acids is 1. The van der Waals surface area contributed by atoms with Gasteiger partial charge in [0.2, 0.25) is 5.91 Å². The van der Waals surface area contributed by atoms with Crippen LogP contribution in [0, 0.1) is 6.92 Å². The molecule has 4 heteroatoms. The Bertz CT molecular complexity index is 1460. The van der Waals surface area contributed by atoms with Gasteiger partial charge in [-0.25, -0.2) is 5.43 Å². The third kappa shape index (κ3) is 4.28. The van der Waals surface area contributed by atoms with Gasteiger partial charge in [-0.2, -0.15) is 5.10 Å². The Balaban J connectivity index is 1.37. The van der Waals surface area contributed by atoms with Gasteiger partial charge in [-0.05, 0) is 34.9 Å². The lowest BCUT2D eigenvalue weighted by atomic mass is 10.0. The number of hydrogen-bond acceptors (Lipinski definition) is 2. The standard InChI is InChI=1S/C29H25N3O/c1-21-27(26-16-7-8-17-28(26)32(21)20-22-10-3-2-4-11-22)19-30-31-29(33)18-24-14-9-13-23-12-5-6-15-25(23)24/h2-17,19H,18,20H2,1H3,(H,31,33). The molecule has 4 aromatic carbocycles. The molecule has 162 valence electrons. The molecule has 0 saturated carbocycles. The molecule has 0 fully saturated rings. The number of amides is 1. The van der Waals surface area contributed by atoms with Gasteiger partial charge in [0, 0.05) is 28.7 Å². The molecule has 33 heavy (non-hydrogen) atoms. The second-order valence-corrected chi connectivity index (χ2v) is 8.20. The maximum absolute atomic E-state index is 12.6. The summed E-state index contributed by atoms with van der Waals surface area (Å²) in [7, 11) is 0. The number of fused-ring (bicyclic) bond motifs is 2. The summed E-state index contributed by atoms with van der Waals surface area (Å²) >= 11 is 0. The molecule has 5 rings (SSSR count). The highest BCUT2D eigenvalue weighted by Gasteiger charge is 2.13. The van der Waals surface area contributed by atoms with Crippen molar-refractivity contribution >= 4 is 33.8 Å². The molecule has 0 bridgehead atoms. The summed E-state index contributed by atoms with van der Waals surface area (Å²) in [5.41, 5.74) is 8.25. The van der Waals surface area contributed by atoms with Gasteiger partial charge >= 0.3 is 0 Å². The molecule has 1 heterocycles. The van der Waals surface area contributed by atoms with E-state index in [1.807, 2.05) is 42.5 Å². The molecule has 5 aromatic rings. The zero-order valence-electron chi connectivity index (χ0n) is 18.5. The zero-order valence-corrected chi connectivity index (χ0v) is 18.5. The Morgan fingerprint density at radius 2 is 1.55 bits per heavy atom. The minimum absolute atomic E-state index is 0.131. The number of para-hydroxylation sites is 1. The summed E-state index contributed by atoms with van der Waals surface area (Å²) in [6, 6.07) is 32.9.